The molecule has 2 aromatic rings. The van der Waals surface area contributed by atoms with Crippen molar-refractivity contribution in [1.29, 1.82) is 0 Å². The molecule has 2 aliphatic rings. The highest BCUT2D eigenvalue weighted by molar-refractivity contribution is 5.94. The molecule has 1 amide bonds. The Morgan fingerprint density at radius 2 is 1.77 bits per heavy atom. The predicted octanol–water partition coefficient (Wildman–Crippen LogP) is 2.94. The van der Waals surface area contributed by atoms with Crippen LogP contribution in [0.1, 0.15) is 25.3 Å². The number of ether oxygens (including phenoxy) is 1. The topological polar surface area (TPSA) is 96.7 Å². The molecule has 2 N–H and O–H groups in total. The van der Waals surface area contributed by atoms with Crippen LogP contribution in [0.5, 0.6) is 0 Å². The summed E-state index contributed by atoms with van der Waals surface area (Å²) in [5.74, 6) is -0.151. The lowest BCUT2D eigenvalue weighted by Gasteiger charge is -2.49. The van der Waals surface area contributed by atoms with Crippen molar-refractivity contribution in [2.75, 3.05) is 18.5 Å². The van der Waals surface area contributed by atoms with Gasteiger partial charge in [-0.3, -0.25) is 19.8 Å². The SMILES string of the molecule is C[C@H](NC1CC2COCC(C1)N2Cc1ccccc1)C(=O)Nc1ccc([N+](=O)[O-])cc1. The third-order valence-corrected chi connectivity index (χ3v) is 6.10. The highest BCUT2D eigenvalue weighted by Crippen LogP contribution is 2.29. The van der Waals surface area contributed by atoms with Crippen LogP contribution in [0, 0.1) is 10.1 Å². The molecule has 2 unspecified atom stereocenters. The van der Waals surface area contributed by atoms with Gasteiger partial charge in [0.1, 0.15) is 0 Å². The number of nitro benzene ring substituents is 1. The van der Waals surface area contributed by atoms with E-state index in [1.807, 2.05) is 13.0 Å². The first-order valence-electron chi connectivity index (χ1n) is 10.7. The first-order chi connectivity index (χ1) is 15.0. The van der Waals surface area contributed by atoms with Gasteiger partial charge >= 0.3 is 0 Å². The van der Waals surface area contributed by atoms with Crippen molar-refractivity contribution in [1.82, 2.24) is 10.2 Å². The van der Waals surface area contributed by atoms with E-state index in [0.717, 1.165) is 19.4 Å². The third kappa shape index (κ3) is 5.28. The normalized spacial score (nSPS) is 24.4. The fraction of sp³-hybridized carbons (Fsp3) is 0.435. The van der Waals surface area contributed by atoms with Gasteiger partial charge in [0.05, 0.1) is 24.2 Å². The van der Waals surface area contributed by atoms with E-state index in [4.69, 9.17) is 4.74 Å². The van der Waals surface area contributed by atoms with Crippen molar-refractivity contribution in [3.63, 3.8) is 0 Å². The molecular weight excluding hydrogens is 396 g/mol. The monoisotopic (exact) mass is 424 g/mol. The van der Waals surface area contributed by atoms with Gasteiger partial charge in [0.25, 0.3) is 5.69 Å². The molecule has 0 saturated carbocycles. The van der Waals surface area contributed by atoms with Crippen LogP contribution < -0.4 is 10.6 Å². The molecule has 3 atom stereocenters. The van der Waals surface area contributed by atoms with Crippen LogP contribution in [-0.2, 0) is 16.1 Å². The summed E-state index contributed by atoms with van der Waals surface area (Å²) in [6.45, 7) is 4.20. The summed E-state index contributed by atoms with van der Waals surface area (Å²) in [6, 6.07) is 16.9. The van der Waals surface area contributed by atoms with Crippen LogP contribution in [0.3, 0.4) is 0 Å². The van der Waals surface area contributed by atoms with Gasteiger partial charge in [0, 0.05) is 42.5 Å². The number of benzene rings is 2. The average Bonchev–Trinajstić information content (AvgIpc) is 2.75. The number of carbonyl (C=O) groups is 1. The molecule has 2 bridgehead atoms. The second kappa shape index (κ2) is 9.55. The lowest BCUT2D eigenvalue weighted by atomic mass is 9.89. The predicted molar refractivity (Wildman–Crippen MR) is 118 cm³/mol. The molecule has 2 heterocycles. The zero-order valence-corrected chi connectivity index (χ0v) is 17.6. The van der Waals surface area contributed by atoms with Crippen LogP contribution in [-0.4, -0.2) is 53.1 Å². The molecule has 2 aliphatic heterocycles. The fourth-order valence-corrected chi connectivity index (χ4v) is 4.52. The van der Waals surface area contributed by atoms with Gasteiger partial charge in [-0.15, -0.1) is 0 Å². The maximum Gasteiger partial charge on any atom is 0.269 e. The van der Waals surface area contributed by atoms with Crippen molar-refractivity contribution in [2.24, 2.45) is 0 Å². The Morgan fingerprint density at radius 3 is 2.39 bits per heavy atom. The number of nitro groups is 1. The van der Waals surface area contributed by atoms with E-state index in [1.54, 1.807) is 12.1 Å². The molecular formula is C23H28N4O4. The number of amides is 1. The largest absolute Gasteiger partial charge is 0.378 e. The van der Waals surface area contributed by atoms with Crippen LogP contribution >= 0.6 is 0 Å². The minimum atomic E-state index is -0.458. The Labute approximate surface area is 181 Å². The number of nitrogens with zero attached hydrogens (tertiary/aromatic N) is 2. The van der Waals surface area contributed by atoms with E-state index >= 15 is 0 Å². The number of non-ortho nitro benzene ring substituents is 1. The quantitative estimate of drug-likeness (QED) is 0.524. The lowest BCUT2D eigenvalue weighted by Crippen LogP contribution is -2.61. The van der Waals surface area contributed by atoms with E-state index in [-0.39, 0.29) is 23.7 Å². The minimum absolute atomic E-state index is 0.000180. The molecule has 8 nitrogen and oxygen atoms in total. The number of hydrogen-bond donors (Lipinski definition) is 2. The number of carbonyl (C=O) groups excluding carboxylic acids is 1. The first-order valence-corrected chi connectivity index (χ1v) is 10.7. The molecule has 2 aromatic carbocycles. The van der Waals surface area contributed by atoms with E-state index in [0.29, 0.717) is 31.0 Å². The second-order valence-electron chi connectivity index (χ2n) is 8.35. The summed E-state index contributed by atoms with van der Waals surface area (Å²) < 4.78 is 5.81. The molecule has 0 radical (unpaired) electrons. The van der Waals surface area contributed by atoms with Crippen molar-refractivity contribution in [2.45, 2.75) is 50.5 Å². The van der Waals surface area contributed by atoms with E-state index in [1.165, 1.54) is 17.7 Å². The Hall–Kier alpha value is -2.81. The summed E-state index contributed by atoms with van der Waals surface area (Å²) in [4.78, 5) is 25.5. The maximum absolute atomic E-state index is 12.6. The van der Waals surface area contributed by atoms with Crippen molar-refractivity contribution in [3.05, 3.63) is 70.3 Å². The zero-order chi connectivity index (χ0) is 21.8. The van der Waals surface area contributed by atoms with Gasteiger partial charge in [0.15, 0.2) is 0 Å². The first kappa shape index (κ1) is 21.4. The van der Waals surface area contributed by atoms with Crippen LogP contribution in [0.4, 0.5) is 11.4 Å². The Balaban J connectivity index is 1.32. The standard InChI is InChI=1S/C23H28N4O4/c1-16(23(28)25-18-7-9-20(10-8-18)27(29)30)24-19-11-21-14-31-15-22(12-19)26(21)13-17-5-3-2-4-6-17/h2-10,16,19,21-22,24H,11-15H2,1H3,(H,25,28)/t16-,19?,21?,22?/m0/s1. The number of piperidine rings is 1. The molecule has 0 spiro atoms. The highest BCUT2D eigenvalue weighted by Gasteiger charge is 2.39. The molecule has 2 fully saturated rings. The molecule has 164 valence electrons. The third-order valence-electron chi connectivity index (χ3n) is 6.10. The lowest BCUT2D eigenvalue weighted by molar-refractivity contribution is -0.384. The highest BCUT2D eigenvalue weighted by atomic mass is 16.6. The molecule has 0 aliphatic carbocycles. The van der Waals surface area contributed by atoms with Crippen molar-refractivity contribution < 1.29 is 14.5 Å². The van der Waals surface area contributed by atoms with Crippen LogP contribution in [0.15, 0.2) is 54.6 Å². The number of hydrogen-bond acceptors (Lipinski definition) is 6. The number of nitrogens with one attached hydrogen (secondary N) is 2. The number of anilines is 1. The average molecular weight is 425 g/mol. The number of fused-ring (bicyclic) bond motifs is 2. The van der Waals surface area contributed by atoms with E-state index in [9.17, 15) is 14.9 Å². The Kier molecular flexibility index (Phi) is 6.60. The van der Waals surface area contributed by atoms with Gasteiger partial charge in [-0.1, -0.05) is 30.3 Å². The molecule has 2 saturated heterocycles. The molecule has 4 rings (SSSR count). The van der Waals surface area contributed by atoms with E-state index < -0.39 is 4.92 Å². The van der Waals surface area contributed by atoms with Gasteiger partial charge in [-0.2, -0.15) is 0 Å². The molecule has 8 heteroatoms. The van der Waals surface area contributed by atoms with Crippen LogP contribution in [0.25, 0.3) is 0 Å². The fourth-order valence-electron chi connectivity index (χ4n) is 4.52. The van der Waals surface area contributed by atoms with E-state index in [2.05, 4.69) is 39.8 Å². The van der Waals surface area contributed by atoms with Gasteiger partial charge in [-0.25, -0.2) is 0 Å². The molecule has 31 heavy (non-hydrogen) atoms. The smallest absolute Gasteiger partial charge is 0.269 e. The summed E-state index contributed by atoms with van der Waals surface area (Å²) in [5, 5.41) is 17.1. The summed E-state index contributed by atoms with van der Waals surface area (Å²) in [5.41, 5.74) is 1.86. The van der Waals surface area contributed by atoms with Crippen LogP contribution in [0.2, 0.25) is 0 Å². The zero-order valence-electron chi connectivity index (χ0n) is 17.6. The molecule has 0 aromatic heterocycles. The summed E-state index contributed by atoms with van der Waals surface area (Å²) in [6.07, 6.45) is 1.86. The van der Waals surface area contributed by atoms with Crippen molar-refractivity contribution in [3.8, 4) is 0 Å². The summed E-state index contributed by atoms with van der Waals surface area (Å²) in [7, 11) is 0. The van der Waals surface area contributed by atoms with Crippen molar-refractivity contribution >= 4 is 17.3 Å². The number of rotatable bonds is 7. The minimum Gasteiger partial charge on any atom is -0.378 e. The maximum atomic E-state index is 12.6. The van der Waals surface area contributed by atoms with Gasteiger partial charge in [-0.05, 0) is 37.5 Å². The summed E-state index contributed by atoms with van der Waals surface area (Å²) >= 11 is 0. The van der Waals surface area contributed by atoms with Gasteiger partial charge < -0.3 is 15.4 Å². The Morgan fingerprint density at radius 1 is 1.13 bits per heavy atom. The van der Waals surface area contributed by atoms with Gasteiger partial charge in [0.2, 0.25) is 5.91 Å². The second-order valence-corrected chi connectivity index (χ2v) is 8.35. The Bertz CT molecular complexity index is 892. The number of morpholine rings is 1.